The number of anilines is 1. The Labute approximate surface area is 69.9 Å². The minimum absolute atomic E-state index is 0.761. The number of benzene rings is 1. The van der Waals surface area contributed by atoms with E-state index < -0.39 is 0 Å². The van der Waals surface area contributed by atoms with Crippen molar-refractivity contribution in [2.45, 2.75) is 0 Å². The van der Waals surface area contributed by atoms with Gasteiger partial charge in [-0.3, -0.25) is 0 Å². The quantitative estimate of drug-likeness (QED) is 0.691. The van der Waals surface area contributed by atoms with Crippen molar-refractivity contribution in [2.24, 2.45) is 0 Å². The second-order valence-corrected chi connectivity index (χ2v) is 2.81. The molecular formula is C7H8ClNS. The smallest absolute Gasteiger partial charge is 0.0645 e. The van der Waals surface area contributed by atoms with Crippen LogP contribution in [-0.4, -0.2) is 6.26 Å². The highest BCUT2D eigenvalue weighted by atomic mass is 35.5. The highest BCUT2D eigenvalue weighted by molar-refractivity contribution is 7.99. The minimum Gasteiger partial charge on any atom is -0.329 e. The van der Waals surface area contributed by atoms with Gasteiger partial charge in [0, 0.05) is 6.26 Å². The van der Waals surface area contributed by atoms with Crippen molar-refractivity contribution in [1.29, 1.82) is 0 Å². The van der Waals surface area contributed by atoms with Crippen LogP contribution < -0.4 is 4.72 Å². The highest BCUT2D eigenvalue weighted by Gasteiger charge is 1.93. The van der Waals surface area contributed by atoms with E-state index in [9.17, 15) is 0 Å². The highest BCUT2D eigenvalue weighted by Crippen LogP contribution is 2.22. The molecule has 0 saturated carbocycles. The van der Waals surface area contributed by atoms with Gasteiger partial charge in [-0.05, 0) is 12.1 Å². The van der Waals surface area contributed by atoms with Crippen molar-refractivity contribution < 1.29 is 0 Å². The maximum atomic E-state index is 5.83. The fourth-order valence-electron chi connectivity index (χ4n) is 0.654. The van der Waals surface area contributed by atoms with Crippen LogP contribution in [0.2, 0.25) is 5.02 Å². The minimum atomic E-state index is 0.761. The third-order valence-electron chi connectivity index (χ3n) is 1.09. The molecule has 0 spiro atoms. The Balaban J connectivity index is 2.81. The monoisotopic (exact) mass is 173 g/mol. The molecule has 0 radical (unpaired) electrons. The van der Waals surface area contributed by atoms with Gasteiger partial charge in [-0.2, -0.15) is 0 Å². The molecule has 0 saturated heterocycles. The summed E-state index contributed by atoms with van der Waals surface area (Å²) in [7, 11) is 0. The Morgan fingerprint density at radius 2 is 2.10 bits per heavy atom. The zero-order valence-electron chi connectivity index (χ0n) is 5.60. The summed E-state index contributed by atoms with van der Waals surface area (Å²) in [4.78, 5) is 0. The van der Waals surface area contributed by atoms with Crippen LogP contribution in [0.3, 0.4) is 0 Å². The Bertz CT molecular complexity index is 215. The van der Waals surface area contributed by atoms with Crippen LogP contribution in [0.25, 0.3) is 0 Å². The predicted molar refractivity (Wildman–Crippen MR) is 48.6 cm³/mol. The molecular weight excluding hydrogens is 166 g/mol. The van der Waals surface area contributed by atoms with E-state index in [1.54, 1.807) is 0 Å². The fourth-order valence-corrected chi connectivity index (χ4v) is 1.29. The molecule has 0 atom stereocenters. The van der Waals surface area contributed by atoms with E-state index in [-0.39, 0.29) is 0 Å². The largest absolute Gasteiger partial charge is 0.329 e. The van der Waals surface area contributed by atoms with E-state index >= 15 is 0 Å². The molecule has 0 fully saturated rings. The first-order valence-corrected chi connectivity index (χ1v) is 4.48. The average molecular weight is 174 g/mol. The summed E-state index contributed by atoms with van der Waals surface area (Å²) in [5.41, 5.74) is 0.969. The third kappa shape index (κ3) is 1.82. The number of hydrogen-bond acceptors (Lipinski definition) is 2. The van der Waals surface area contributed by atoms with Gasteiger partial charge in [-0.1, -0.05) is 35.7 Å². The lowest BCUT2D eigenvalue weighted by Crippen LogP contribution is -1.83. The molecule has 1 aromatic carbocycles. The van der Waals surface area contributed by atoms with Gasteiger partial charge in [-0.15, -0.1) is 0 Å². The summed E-state index contributed by atoms with van der Waals surface area (Å²) in [6.45, 7) is 0. The van der Waals surface area contributed by atoms with Crippen molar-refractivity contribution in [1.82, 2.24) is 0 Å². The van der Waals surface area contributed by atoms with E-state index in [1.165, 1.54) is 11.9 Å². The van der Waals surface area contributed by atoms with E-state index in [0.717, 1.165) is 10.7 Å². The normalized spacial score (nSPS) is 9.40. The van der Waals surface area contributed by atoms with Crippen LogP contribution in [0, 0.1) is 0 Å². The van der Waals surface area contributed by atoms with Gasteiger partial charge in [-0.25, -0.2) is 0 Å². The van der Waals surface area contributed by atoms with Crippen molar-refractivity contribution in [3.8, 4) is 0 Å². The molecule has 10 heavy (non-hydrogen) atoms. The zero-order valence-corrected chi connectivity index (χ0v) is 7.17. The Hall–Kier alpha value is -0.340. The Morgan fingerprint density at radius 3 is 2.70 bits per heavy atom. The van der Waals surface area contributed by atoms with Crippen LogP contribution in [-0.2, 0) is 0 Å². The summed E-state index contributed by atoms with van der Waals surface area (Å²) in [6, 6.07) is 7.66. The lowest BCUT2D eigenvalue weighted by molar-refractivity contribution is 1.68. The summed E-state index contributed by atoms with van der Waals surface area (Å²) in [6.07, 6.45) is 1.96. The third-order valence-corrected chi connectivity index (χ3v) is 1.84. The molecule has 1 rings (SSSR count). The lowest BCUT2D eigenvalue weighted by atomic mass is 10.3. The number of rotatable bonds is 2. The van der Waals surface area contributed by atoms with Gasteiger partial charge in [0.15, 0.2) is 0 Å². The number of halogens is 1. The summed E-state index contributed by atoms with van der Waals surface area (Å²) in [5.74, 6) is 0. The fraction of sp³-hybridized carbons (Fsp3) is 0.143. The SMILES string of the molecule is CSNc1ccccc1Cl. The molecule has 1 nitrogen and oxygen atoms in total. The molecule has 0 heterocycles. The number of hydrogen-bond donors (Lipinski definition) is 1. The molecule has 0 aromatic heterocycles. The molecule has 1 aromatic rings. The summed E-state index contributed by atoms with van der Waals surface area (Å²) < 4.78 is 3.06. The van der Waals surface area contributed by atoms with Gasteiger partial charge in [0.1, 0.15) is 0 Å². The van der Waals surface area contributed by atoms with Crippen LogP contribution in [0.1, 0.15) is 0 Å². The first-order chi connectivity index (χ1) is 4.84. The van der Waals surface area contributed by atoms with Gasteiger partial charge in [0.05, 0.1) is 10.7 Å². The van der Waals surface area contributed by atoms with E-state index in [4.69, 9.17) is 11.6 Å². The maximum absolute atomic E-state index is 5.83. The van der Waals surface area contributed by atoms with Crippen molar-refractivity contribution >= 4 is 29.2 Å². The van der Waals surface area contributed by atoms with Gasteiger partial charge in [0.2, 0.25) is 0 Å². The Morgan fingerprint density at radius 1 is 1.40 bits per heavy atom. The number of nitrogens with one attached hydrogen (secondary N) is 1. The second-order valence-electron chi connectivity index (χ2n) is 1.79. The molecule has 0 aliphatic heterocycles. The first kappa shape index (κ1) is 7.76. The molecule has 0 bridgehead atoms. The summed E-state index contributed by atoms with van der Waals surface area (Å²) in [5, 5.41) is 0.761. The first-order valence-electron chi connectivity index (χ1n) is 2.88. The van der Waals surface area contributed by atoms with Gasteiger partial charge >= 0.3 is 0 Å². The molecule has 0 unspecified atom stereocenters. The Kier molecular flexibility index (Phi) is 2.90. The summed E-state index contributed by atoms with van der Waals surface area (Å²) >= 11 is 7.36. The van der Waals surface area contributed by atoms with E-state index in [0.29, 0.717) is 0 Å². The zero-order chi connectivity index (χ0) is 7.40. The van der Waals surface area contributed by atoms with Crippen molar-refractivity contribution in [2.75, 3.05) is 11.0 Å². The molecule has 0 aliphatic carbocycles. The van der Waals surface area contributed by atoms with Gasteiger partial charge in [0.25, 0.3) is 0 Å². The molecule has 0 amide bonds. The van der Waals surface area contributed by atoms with Crippen molar-refractivity contribution in [3.63, 3.8) is 0 Å². The lowest BCUT2D eigenvalue weighted by Gasteiger charge is -2.02. The maximum Gasteiger partial charge on any atom is 0.0645 e. The van der Waals surface area contributed by atoms with E-state index in [1.807, 2.05) is 30.5 Å². The van der Waals surface area contributed by atoms with Crippen LogP contribution in [0.15, 0.2) is 24.3 Å². The van der Waals surface area contributed by atoms with Crippen LogP contribution >= 0.6 is 23.5 Å². The topological polar surface area (TPSA) is 12.0 Å². The molecule has 1 N–H and O–H groups in total. The van der Waals surface area contributed by atoms with Crippen molar-refractivity contribution in [3.05, 3.63) is 29.3 Å². The average Bonchev–Trinajstić information content (AvgIpc) is 1.94. The van der Waals surface area contributed by atoms with Crippen LogP contribution in [0.5, 0.6) is 0 Å². The number of para-hydroxylation sites is 1. The van der Waals surface area contributed by atoms with Crippen LogP contribution in [0.4, 0.5) is 5.69 Å². The van der Waals surface area contributed by atoms with E-state index in [2.05, 4.69) is 4.72 Å². The molecule has 0 aliphatic rings. The van der Waals surface area contributed by atoms with Gasteiger partial charge < -0.3 is 4.72 Å². The predicted octanol–water partition coefficient (Wildman–Crippen LogP) is 3.03. The molecule has 3 heteroatoms. The standard InChI is InChI=1S/C7H8ClNS/c1-10-9-7-5-3-2-4-6(7)8/h2-5,9H,1H3. The molecule has 54 valence electrons. The second kappa shape index (κ2) is 3.74.